The van der Waals surface area contributed by atoms with Gasteiger partial charge in [0.15, 0.2) is 17.5 Å². The molecule has 0 spiro atoms. The third-order valence-electron chi connectivity index (χ3n) is 4.42. The second kappa shape index (κ2) is 13.4. The summed E-state index contributed by atoms with van der Waals surface area (Å²) in [7, 11) is -0.424. The van der Waals surface area contributed by atoms with Crippen molar-refractivity contribution >= 4 is 40.0 Å². The molecule has 0 amide bonds. The number of sulfonamides is 1. The average Bonchev–Trinajstić information content (AvgIpc) is 2.73. The highest BCUT2D eigenvalue weighted by Gasteiger charge is 2.07. The highest BCUT2D eigenvalue weighted by molar-refractivity contribution is 14.0. The van der Waals surface area contributed by atoms with Gasteiger partial charge in [-0.3, -0.25) is 4.99 Å². The number of nitrogens with zero attached hydrogens (tertiary/aromatic N) is 1. The van der Waals surface area contributed by atoms with Gasteiger partial charge in [-0.1, -0.05) is 18.2 Å². The maximum absolute atomic E-state index is 11.3. The van der Waals surface area contributed by atoms with Gasteiger partial charge in [0.1, 0.15) is 0 Å². The predicted octanol–water partition coefficient (Wildman–Crippen LogP) is 2.31. The van der Waals surface area contributed by atoms with Crippen molar-refractivity contribution in [2.24, 2.45) is 10.1 Å². The van der Waals surface area contributed by atoms with Gasteiger partial charge in [-0.15, -0.1) is 24.0 Å². The number of guanidine groups is 1. The Kier molecular flexibility index (Phi) is 11.6. The van der Waals surface area contributed by atoms with Crippen molar-refractivity contribution in [3.05, 3.63) is 53.6 Å². The second-order valence-corrected chi connectivity index (χ2v) is 8.13. The van der Waals surface area contributed by atoms with Crippen LogP contribution < -0.4 is 25.2 Å². The summed E-state index contributed by atoms with van der Waals surface area (Å²) in [5.74, 6) is 2.16. The summed E-state index contributed by atoms with van der Waals surface area (Å²) >= 11 is 0. The van der Waals surface area contributed by atoms with Crippen LogP contribution in [0.1, 0.15) is 18.1 Å². The van der Waals surface area contributed by atoms with Gasteiger partial charge in [0, 0.05) is 19.6 Å². The molecule has 0 saturated carbocycles. The molecule has 2 rings (SSSR count). The number of aliphatic imine (C=N–C) groups is 1. The van der Waals surface area contributed by atoms with E-state index in [-0.39, 0.29) is 28.9 Å². The van der Waals surface area contributed by atoms with Crippen molar-refractivity contribution in [2.75, 3.05) is 33.9 Å². The number of primary sulfonamides is 1. The normalized spacial score (nSPS) is 11.4. The summed E-state index contributed by atoms with van der Waals surface area (Å²) in [6, 6.07) is 12.4. The summed E-state index contributed by atoms with van der Waals surface area (Å²) in [5, 5.41) is 11.7. The van der Waals surface area contributed by atoms with Crippen LogP contribution in [0.15, 0.2) is 52.4 Å². The number of nitrogens with two attached hydrogens (primary N) is 1. The van der Waals surface area contributed by atoms with Gasteiger partial charge >= 0.3 is 0 Å². The van der Waals surface area contributed by atoms with Gasteiger partial charge in [-0.25, -0.2) is 13.6 Å². The lowest BCUT2D eigenvalue weighted by Gasteiger charge is -2.13. The van der Waals surface area contributed by atoms with Crippen molar-refractivity contribution < 1.29 is 17.9 Å². The number of hydrogen-bond donors (Lipinski definition) is 3. The molecule has 0 aromatic heterocycles. The maximum atomic E-state index is 11.3. The van der Waals surface area contributed by atoms with Gasteiger partial charge in [-0.05, 0) is 55.2 Å². The molecule has 2 aromatic rings. The van der Waals surface area contributed by atoms with E-state index in [1.165, 1.54) is 12.1 Å². The maximum Gasteiger partial charge on any atom is 0.238 e. The van der Waals surface area contributed by atoms with Crippen LogP contribution in [-0.4, -0.2) is 48.2 Å². The molecule has 0 aliphatic carbocycles. The summed E-state index contributed by atoms with van der Waals surface area (Å²) < 4.78 is 33.2. The van der Waals surface area contributed by atoms with Crippen molar-refractivity contribution in [1.29, 1.82) is 0 Å². The molecule has 0 radical (unpaired) electrons. The van der Waals surface area contributed by atoms with E-state index in [1.54, 1.807) is 26.4 Å². The minimum Gasteiger partial charge on any atom is -0.493 e. The zero-order valence-corrected chi connectivity index (χ0v) is 21.2. The van der Waals surface area contributed by atoms with Crippen LogP contribution in [0.2, 0.25) is 0 Å². The first-order valence-electron chi connectivity index (χ1n) is 9.72. The van der Waals surface area contributed by atoms with Crippen molar-refractivity contribution in [3.8, 4) is 11.5 Å². The van der Waals surface area contributed by atoms with Crippen molar-refractivity contribution in [3.63, 3.8) is 0 Å². The van der Waals surface area contributed by atoms with E-state index in [2.05, 4.69) is 15.6 Å². The summed E-state index contributed by atoms with van der Waals surface area (Å²) in [6.07, 6.45) is 1.50. The van der Waals surface area contributed by atoms with Crippen molar-refractivity contribution in [1.82, 2.24) is 10.6 Å². The Morgan fingerprint density at radius 3 is 2.19 bits per heavy atom. The number of ether oxygens (including phenoxy) is 2. The van der Waals surface area contributed by atoms with Crippen LogP contribution in [0, 0.1) is 0 Å². The Morgan fingerprint density at radius 2 is 1.61 bits per heavy atom. The molecule has 0 aliphatic heterocycles. The van der Waals surface area contributed by atoms with E-state index in [0.717, 1.165) is 30.1 Å². The molecule has 2 aromatic carbocycles. The molecule has 0 heterocycles. The molecular formula is C21H31IN4O4S. The predicted molar refractivity (Wildman–Crippen MR) is 134 cm³/mol. The van der Waals surface area contributed by atoms with E-state index in [9.17, 15) is 8.42 Å². The Morgan fingerprint density at radius 1 is 0.968 bits per heavy atom. The van der Waals surface area contributed by atoms with Gasteiger partial charge in [0.25, 0.3) is 0 Å². The molecule has 0 aliphatic rings. The molecular weight excluding hydrogens is 531 g/mol. The Balaban J connectivity index is 0.00000480. The largest absolute Gasteiger partial charge is 0.493 e. The molecule has 8 nitrogen and oxygen atoms in total. The molecule has 0 unspecified atom stereocenters. The van der Waals surface area contributed by atoms with E-state index < -0.39 is 10.0 Å². The highest BCUT2D eigenvalue weighted by atomic mass is 127. The van der Waals surface area contributed by atoms with E-state index in [0.29, 0.717) is 31.0 Å². The first-order valence-corrected chi connectivity index (χ1v) is 11.3. The van der Waals surface area contributed by atoms with Crippen LogP contribution in [0.25, 0.3) is 0 Å². The number of halogens is 1. The van der Waals surface area contributed by atoms with Crippen LogP contribution in [0.4, 0.5) is 0 Å². The fourth-order valence-corrected chi connectivity index (χ4v) is 3.36. The lowest BCUT2D eigenvalue weighted by molar-refractivity contribution is 0.354. The molecule has 0 fully saturated rings. The number of benzene rings is 2. The molecule has 0 atom stereocenters. The lowest BCUT2D eigenvalue weighted by Crippen LogP contribution is -2.38. The molecule has 4 N–H and O–H groups in total. The number of rotatable bonds is 10. The number of nitrogens with one attached hydrogen (secondary N) is 2. The first kappa shape index (κ1) is 27.0. The van der Waals surface area contributed by atoms with Crippen LogP contribution in [0.3, 0.4) is 0 Å². The van der Waals surface area contributed by atoms with E-state index in [4.69, 9.17) is 14.6 Å². The SMILES string of the molecule is CCNC(=NCCc1ccc(S(N)(=O)=O)cc1)NCCc1ccc(OC)c(OC)c1.I. The van der Waals surface area contributed by atoms with Gasteiger partial charge in [0.05, 0.1) is 19.1 Å². The summed E-state index contributed by atoms with van der Waals surface area (Å²) in [4.78, 5) is 4.69. The lowest BCUT2D eigenvalue weighted by atomic mass is 10.1. The Labute approximate surface area is 201 Å². The standard InChI is InChI=1S/C21H30N4O4S.HI/c1-4-23-21(24-13-11-16-5-8-18(9-6-16)30(22,26)27)25-14-12-17-7-10-19(28-2)20(15-17)29-3;/h5-10,15H,4,11-14H2,1-3H3,(H2,22,26,27)(H2,23,24,25);1H. The number of methoxy groups -OCH3 is 2. The van der Waals surface area contributed by atoms with Crippen LogP contribution in [-0.2, 0) is 22.9 Å². The fraction of sp³-hybridized carbons (Fsp3) is 0.381. The minimum atomic E-state index is -3.66. The average molecular weight is 562 g/mol. The van der Waals surface area contributed by atoms with Gasteiger partial charge in [0.2, 0.25) is 10.0 Å². The molecule has 10 heteroatoms. The third kappa shape index (κ3) is 8.91. The minimum absolute atomic E-state index is 0. The molecule has 31 heavy (non-hydrogen) atoms. The van der Waals surface area contributed by atoms with E-state index >= 15 is 0 Å². The summed E-state index contributed by atoms with van der Waals surface area (Å²) in [5.41, 5.74) is 2.12. The highest BCUT2D eigenvalue weighted by Crippen LogP contribution is 2.27. The van der Waals surface area contributed by atoms with Gasteiger partial charge in [-0.2, -0.15) is 0 Å². The smallest absolute Gasteiger partial charge is 0.238 e. The third-order valence-corrected chi connectivity index (χ3v) is 5.35. The number of hydrogen-bond acceptors (Lipinski definition) is 5. The van der Waals surface area contributed by atoms with Crippen LogP contribution in [0.5, 0.6) is 11.5 Å². The fourth-order valence-electron chi connectivity index (χ4n) is 2.85. The second-order valence-electron chi connectivity index (χ2n) is 6.57. The van der Waals surface area contributed by atoms with Crippen molar-refractivity contribution in [2.45, 2.75) is 24.7 Å². The zero-order valence-electron chi connectivity index (χ0n) is 18.1. The van der Waals surface area contributed by atoms with Crippen LogP contribution >= 0.6 is 24.0 Å². The van der Waals surface area contributed by atoms with E-state index in [1.807, 2.05) is 25.1 Å². The zero-order chi connectivity index (χ0) is 22.0. The topological polar surface area (TPSA) is 115 Å². The monoisotopic (exact) mass is 562 g/mol. The summed E-state index contributed by atoms with van der Waals surface area (Å²) in [6.45, 7) is 4.05. The van der Waals surface area contributed by atoms with Gasteiger partial charge < -0.3 is 20.1 Å². The quantitative estimate of drug-likeness (QED) is 0.233. The molecule has 172 valence electrons. The first-order chi connectivity index (χ1) is 14.4. The molecule has 0 saturated heterocycles. The Hall–Kier alpha value is -2.05. The molecule has 0 bridgehead atoms. The Bertz CT molecular complexity index is 950.